The smallest absolute Gasteiger partial charge is 0.216 e. The molecule has 156 valence electrons. The van der Waals surface area contributed by atoms with E-state index in [1.807, 2.05) is 34.9 Å². The number of amides is 1. The minimum Gasteiger partial charge on any atom is -0.356 e. The molecule has 0 unspecified atom stereocenters. The molecule has 1 N–H and O–H groups in total. The predicted octanol–water partition coefficient (Wildman–Crippen LogP) is 4.73. The number of carbonyl (C=O) groups excluding carboxylic acids is 2. The van der Waals surface area contributed by atoms with Crippen molar-refractivity contribution in [1.29, 1.82) is 0 Å². The fourth-order valence-corrected chi connectivity index (χ4v) is 4.10. The standard InChI is InChI=1S/C21H20BrClN4O2S/c1-14(28)24-11-3-6-20-25-26-21(27(20)18-5-2-4-17(23)12-18)30-13-19(29)15-7-9-16(22)10-8-15/h2,4-5,7-10,12H,3,6,11,13H2,1H3,(H,24,28). The van der Waals surface area contributed by atoms with Crippen LogP contribution < -0.4 is 5.32 Å². The third-order valence-corrected chi connectivity index (χ3v) is 5.91. The van der Waals surface area contributed by atoms with Crippen LogP contribution in [0.3, 0.4) is 0 Å². The van der Waals surface area contributed by atoms with E-state index in [1.54, 1.807) is 18.2 Å². The number of Topliss-reactive ketones (excluding diaryl/α,β-unsaturated/α-hetero) is 1. The first kappa shape index (κ1) is 22.5. The second-order valence-corrected chi connectivity index (χ2v) is 8.81. The first-order valence-corrected chi connectivity index (χ1v) is 11.5. The number of benzene rings is 2. The van der Waals surface area contributed by atoms with Crippen molar-refractivity contribution < 1.29 is 9.59 Å². The summed E-state index contributed by atoms with van der Waals surface area (Å²) in [4.78, 5) is 23.6. The van der Waals surface area contributed by atoms with Crippen molar-refractivity contribution in [2.24, 2.45) is 0 Å². The van der Waals surface area contributed by atoms with Crippen molar-refractivity contribution in [3.05, 3.63) is 69.4 Å². The topological polar surface area (TPSA) is 76.9 Å². The summed E-state index contributed by atoms with van der Waals surface area (Å²) >= 11 is 10.9. The van der Waals surface area contributed by atoms with Crippen molar-refractivity contribution in [1.82, 2.24) is 20.1 Å². The minimum absolute atomic E-state index is 0.0142. The Hall–Kier alpha value is -2.16. The van der Waals surface area contributed by atoms with Crippen molar-refractivity contribution in [2.75, 3.05) is 12.3 Å². The van der Waals surface area contributed by atoms with Crippen LogP contribution in [0.4, 0.5) is 0 Å². The van der Waals surface area contributed by atoms with Gasteiger partial charge in [-0.25, -0.2) is 0 Å². The lowest BCUT2D eigenvalue weighted by Gasteiger charge is -2.11. The van der Waals surface area contributed by atoms with E-state index >= 15 is 0 Å². The quantitative estimate of drug-likeness (QED) is 0.257. The fraction of sp³-hybridized carbons (Fsp3) is 0.238. The number of nitrogens with zero attached hydrogens (tertiary/aromatic N) is 3. The molecule has 30 heavy (non-hydrogen) atoms. The summed E-state index contributed by atoms with van der Waals surface area (Å²) in [5, 5.41) is 12.6. The van der Waals surface area contributed by atoms with Gasteiger partial charge in [0.05, 0.1) is 11.4 Å². The Bertz CT molecular complexity index is 1040. The number of nitrogens with one attached hydrogen (secondary N) is 1. The molecule has 0 aliphatic rings. The number of aromatic nitrogens is 3. The molecule has 0 fully saturated rings. The van der Waals surface area contributed by atoms with Gasteiger partial charge >= 0.3 is 0 Å². The van der Waals surface area contributed by atoms with Crippen LogP contribution in [0.2, 0.25) is 5.02 Å². The van der Waals surface area contributed by atoms with Gasteiger partial charge in [0.25, 0.3) is 0 Å². The Morgan fingerprint density at radius 2 is 1.93 bits per heavy atom. The second-order valence-electron chi connectivity index (χ2n) is 6.52. The molecule has 0 spiro atoms. The SMILES string of the molecule is CC(=O)NCCCc1nnc(SCC(=O)c2ccc(Br)cc2)n1-c1cccc(Cl)c1. The molecule has 3 rings (SSSR count). The molecule has 9 heteroatoms. The Morgan fingerprint density at radius 1 is 1.17 bits per heavy atom. The number of rotatable bonds is 9. The fourth-order valence-electron chi connectivity index (χ4n) is 2.79. The zero-order chi connectivity index (χ0) is 21.5. The van der Waals surface area contributed by atoms with Crippen LogP contribution in [0, 0.1) is 0 Å². The average Bonchev–Trinajstić information content (AvgIpc) is 3.12. The molecule has 0 saturated heterocycles. The van der Waals surface area contributed by atoms with E-state index < -0.39 is 0 Å². The van der Waals surface area contributed by atoms with Gasteiger partial charge in [-0.3, -0.25) is 14.2 Å². The zero-order valence-corrected chi connectivity index (χ0v) is 19.4. The Labute approximate surface area is 192 Å². The number of thioether (sulfide) groups is 1. The van der Waals surface area contributed by atoms with Crippen LogP contribution in [-0.2, 0) is 11.2 Å². The summed E-state index contributed by atoms with van der Waals surface area (Å²) in [7, 11) is 0. The van der Waals surface area contributed by atoms with Crippen molar-refractivity contribution in [2.45, 2.75) is 24.9 Å². The van der Waals surface area contributed by atoms with E-state index in [1.165, 1.54) is 18.7 Å². The molecular weight excluding hydrogens is 488 g/mol. The monoisotopic (exact) mass is 506 g/mol. The van der Waals surface area contributed by atoms with Crippen molar-refractivity contribution in [3.63, 3.8) is 0 Å². The highest BCUT2D eigenvalue weighted by Gasteiger charge is 2.17. The van der Waals surface area contributed by atoms with Crippen LogP contribution >= 0.6 is 39.3 Å². The molecule has 6 nitrogen and oxygen atoms in total. The second kappa shape index (κ2) is 10.7. The molecule has 1 amide bonds. The lowest BCUT2D eigenvalue weighted by molar-refractivity contribution is -0.118. The first-order chi connectivity index (χ1) is 14.4. The first-order valence-electron chi connectivity index (χ1n) is 9.30. The van der Waals surface area contributed by atoms with Gasteiger partial charge in [-0.2, -0.15) is 0 Å². The molecule has 0 atom stereocenters. The van der Waals surface area contributed by atoms with Crippen molar-refractivity contribution >= 4 is 51.0 Å². The predicted molar refractivity (Wildman–Crippen MR) is 123 cm³/mol. The highest BCUT2D eigenvalue weighted by Crippen LogP contribution is 2.25. The number of hydrogen-bond donors (Lipinski definition) is 1. The minimum atomic E-state index is -0.0611. The molecular formula is C21H20BrClN4O2S. The largest absolute Gasteiger partial charge is 0.356 e. The highest BCUT2D eigenvalue weighted by molar-refractivity contribution is 9.10. The van der Waals surface area contributed by atoms with Crippen molar-refractivity contribution in [3.8, 4) is 5.69 Å². The maximum absolute atomic E-state index is 12.6. The normalized spacial score (nSPS) is 10.8. The number of hydrogen-bond acceptors (Lipinski definition) is 5. The number of aryl methyl sites for hydroxylation is 1. The number of carbonyl (C=O) groups is 2. The summed E-state index contributed by atoms with van der Waals surface area (Å²) in [6, 6.07) is 14.7. The number of halogens is 2. The molecule has 0 aliphatic heterocycles. The van der Waals surface area contributed by atoms with Crippen LogP contribution in [0.1, 0.15) is 29.5 Å². The van der Waals surface area contributed by atoms with Crippen LogP contribution in [-0.4, -0.2) is 38.8 Å². The molecule has 0 bridgehead atoms. The van der Waals surface area contributed by atoms with Gasteiger partial charge in [0.1, 0.15) is 5.82 Å². The summed E-state index contributed by atoms with van der Waals surface area (Å²) in [5.41, 5.74) is 1.48. The summed E-state index contributed by atoms with van der Waals surface area (Å²) in [5.74, 6) is 0.947. The molecule has 0 saturated carbocycles. The maximum Gasteiger partial charge on any atom is 0.216 e. The Morgan fingerprint density at radius 3 is 2.63 bits per heavy atom. The van der Waals surface area contributed by atoms with E-state index in [0.717, 1.165) is 22.4 Å². The molecule has 1 aromatic heterocycles. The summed E-state index contributed by atoms with van der Waals surface area (Å²) in [6.07, 6.45) is 1.35. The Kier molecular flexibility index (Phi) is 8.07. The molecule has 2 aromatic carbocycles. The highest BCUT2D eigenvalue weighted by atomic mass is 79.9. The third-order valence-electron chi connectivity index (χ3n) is 4.22. The van der Waals surface area contributed by atoms with E-state index in [0.29, 0.717) is 28.7 Å². The van der Waals surface area contributed by atoms with Crippen LogP contribution in [0.5, 0.6) is 0 Å². The van der Waals surface area contributed by atoms with Gasteiger partial charge in [-0.15, -0.1) is 10.2 Å². The van der Waals surface area contributed by atoms with Gasteiger partial charge in [0.15, 0.2) is 10.9 Å². The summed E-state index contributed by atoms with van der Waals surface area (Å²) in [6.45, 7) is 2.05. The van der Waals surface area contributed by atoms with Gasteiger partial charge < -0.3 is 5.32 Å². The lowest BCUT2D eigenvalue weighted by atomic mass is 10.2. The zero-order valence-electron chi connectivity index (χ0n) is 16.3. The van der Waals surface area contributed by atoms with E-state index in [4.69, 9.17) is 11.6 Å². The molecule has 1 heterocycles. The van der Waals surface area contributed by atoms with Gasteiger partial charge in [-0.1, -0.05) is 57.5 Å². The molecule has 0 aliphatic carbocycles. The lowest BCUT2D eigenvalue weighted by Crippen LogP contribution is -2.21. The van der Waals surface area contributed by atoms with Crippen LogP contribution in [0.15, 0.2) is 58.2 Å². The van der Waals surface area contributed by atoms with E-state index in [-0.39, 0.29) is 17.4 Å². The molecule has 0 radical (unpaired) electrons. The van der Waals surface area contributed by atoms with Gasteiger partial charge in [0.2, 0.25) is 5.91 Å². The van der Waals surface area contributed by atoms with Crippen LogP contribution in [0.25, 0.3) is 5.69 Å². The average molecular weight is 508 g/mol. The number of ketones is 1. The third kappa shape index (κ3) is 6.17. The Balaban J connectivity index is 1.78. The van der Waals surface area contributed by atoms with E-state index in [2.05, 4.69) is 31.4 Å². The van der Waals surface area contributed by atoms with Gasteiger partial charge in [-0.05, 0) is 36.8 Å². The van der Waals surface area contributed by atoms with Gasteiger partial charge in [0, 0.05) is 34.9 Å². The van der Waals surface area contributed by atoms with E-state index in [9.17, 15) is 9.59 Å². The molecule has 3 aromatic rings. The summed E-state index contributed by atoms with van der Waals surface area (Å²) < 4.78 is 2.84. The maximum atomic E-state index is 12.6.